The number of nitrogens with zero attached hydrogens (tertiary/aromatic N) is 2. The molecule has 0 saturated heterocycles. The highest BCUT2D eigenvalue weighted by Crippen LogP contribution is 2.36. The van der Waals surface area contributed by atoms with E-state index in [4.69, 9.17) is 10.7 Å². The summed E-state index contributed by atoms with van der Waals surface area (Å²) in [7, 11) is 0. The van der Waals surface area contributed by atoms with E-state index in [9.17, 15) is 30.9 Å². The third kappa shape index (κ3) is 8.02. The molecule has 3 aromatic carbocycles. The summed E-state index contributed by atoms with van der Waals surface area (Å²) in [6.45, 7) is 0.773. The van der Waals surface area contributed by atoms with Gasteiger partial charge in [0, 0.05) is 35.4 Å². The molecule has 1 unspecified atom stereocenters. The van der Waals surface area contributed by atoms with E-state index in [0.717, 1.165) is 35.2 Å². The van der Waals surface area contributed by atoms with Gasteiger partial charge in [-0.05, 0) is 77.8 Å². The first kappa shape index (κ1) is 33.5. The quantitative estimate of drug-likeness (QED) is 0.0529. The summed E-state index contributed by atoms with van der Waals surface area (Å²) in [6, 6.07) is 11.5. The number of benzene rings is 3. The molecule has 0 aliphatic rings. The van der Waals surface area contributed by atoms with Crippen LogP contribution in [0.3, 0.4) is 0 Å². The Hall–Kier alpha value is -4.38. The Morgan fingerprint density at radius 2 is 1.76 bits per heavy atom. The molecule has 3 N–H and O–H groups in total. The van der Waals surface area contributed by atoms with Gasteiger partial charge in [0.1, 0.15) is 30.3 Å². The van der Waals surface area contributed by atoms with Gasteiger partial charge < -0.3 is 24.6 Å². The highest BCUT2D eigenvalue weighted by atomic mass is 32.2. The lowest BCUT2D eigenvalue weighted by molar-refractivity contribution is -0.274. The van der Waals surface area contributed by atoms with Gasteiger partial charge in [0.05, 0.1) is 11.3 Å². The molecule has 4 aromatic rings. The lowest BCUT2D eigenvalue weighted by atomic mass is 9.98. The predicted octanol–water partition coefficient (Wildman–Crippen LogP) is 7.73. The van der Waals surface area contributed by atoms with Crippen LogP contribution in [0.5, 0.6) is 5.75 Å². The molecule has 1 heterocycles. The summed E-state index contributed by atoms with van der Waals surface area (Å²) in [5.41, 5.74) is -0.0838. The lowest BCUT2D eigenvalue weighted by Crippen LogP contribution is -2.17. The zero-order valence-corrected chi connectivity index (χ0v) is 24.1. The van der Waals surface area contributed by atoms with Crippen molar-refractivity contribution in [2.75, 3.05) is 11.6 Å². The Bertz CT molecular complexity index is 1720. The van der Waals surface area contributed by atoms with Crippen LogP contribution in [0.2, 0.25) is 0 Å². The van der Waals surface area contributed by atoms with E-state index in [1.165, 1.54) is 55.7 Å². The first-order chi connectivity index (χ1) is 21.1. The van der Waals surface area contributed by atoms with Gasteiger partial charge in [0.15, 0.2) is 10.6 Å². The molecule has 0 radical (unpaired) electrons. The van der Waals surface area contributed by atoms with Gasteiger partial charge in [0.25, 0.3) is 0 Å². The lowest BCUT2D eigenvalue weighted by Gasteiger charge is -2.19. The van der Waals surface area contributed by atoms with Crippen molar-refractivity contribution in [3.8, 4) is 22.6 Å². The topological polar surface area (TPSA) is 115 Å². The van der Waals surface area contributed by atoms with E-state index in [-0.39, 0.29) is 44.5 Å². The zero-order chi connectivity index (χ0) is 33.1. The van der Waals surface area contributed by atoms with Crippen molar-refractivity contribution in [2.24, 2.45) is 0 Å². The summed E-state index contributed by atoms with van der Waals surface area (Å²) in [5, 5.41) is 19.5. The molecule has 0 amide bonds. The molecule has 0 aliphatic carbocycles. The maximum absolute atomic E-state index is 15.1. The van der Waals surface area contributed by atoms with Crippen LogP contribution in [0.4, 0.5) is 36.4 Å². The average molecular weight is 657 g/mol. The van der Waals surface area contributed by atoms with Crippen molar-refractivity contribution in [3.63, 3.8) is 0 Å². The Balaban J connectivity index is 1.89. The number of anilines is 1. The van der Waals surface area contributed by atoms with Crippen molar-refractivity contribution in [1.29, 1.82) is 5.41 Å². The number of aryl methyl sites for hydroxylation is 1. The van der Waals surface area contributed by atoms with E-state index >= 15 is 4.39 Å². The number of hydrogen-bond donors (Lipinski definition) is 3. The van der Waals surface area contributed by atoms with Crippen LogP contribution in [-0.4, -0.2) is 38.2 Å². The summed E-state index contributed by atoms with van der Waals surface area (Å²) >= 11 is -1.72. The van der Waals surface area contributed by atoms with Crippen LogP contribution in [0.25, 0.3) is 22.5 Å². The minimum Gasteiger partial charge on any atom is -0.612 e. The number of alkyl halides is 6. The second kappa shape index (κ2) is 13.3. The SMILES string of the molecule is Cc1nc(C(F)(F)F)cn1-c1ccc(-c2cc(F)c(COO)c([S+](C)[O-])c2)cc1/C(=C/C=N)Nc1ccc(OC(F)(F)F)cc1. The maximum atomic E-state index is 15.1. The fourth-order valence-electron chi connectivity index (χ4n) is 4.41. The van der Waals surface area contributed by atoms with Crippen molar-refractivity contribution < 1.29 is 50.2 Å². The number of hydrogen-bond acceptors (Lipinski definition) is 7. The molecule has 0 aliphatic heterocycles. The molecule has 0 saturated carbocycles. The van der Waals surface area contributed by atoms with Crippen LogP contribution in [0.1, 0.15) is 22.6 Å². The minimum atomic E-state index is -4.92. The van der Waals surface area contributed by atoms with E-state index in [1.807, 2.05) is 0 Å². The van der Waals surface area contributed by atoms with E-state index in [1.54, 1.807) is 0 Å². The van der Waals surface area contributed by atoms with Gasteiger partial charge in [0.2, 0.25) is 0 Å². The molecule has 0 fully saturated rings. The number of halogens is 7. The smallest absolute Gasteiger partial charge is 0.573 e. The molecule has 8 nitrogen and oxygen atoms in total. The van der Waals surface area contributed by atoms with Gasteiger partial charge in [-0.3, -0.25) is 5.26 Å². The van der Waals surface area contributed by atoms with Crippen LogP contribution in [0, 0.1) is 18.2 Å². The average Bonchev–Trinajstić information content (AvgIpc) is 3.35. The predicted molar refractivity (Wildman–Crippen MR) is 152 cm³/mol. The van der Waals surface area contributed by atoms with Crippen molar-refractivity contribution in [3.05, 3.63) is 95.3 Å². The molecule has 238 valence electrons. The highest BCUT2D eigenvalue weighted by molar-refractivity contribution is 7.90. The Labute approximate surface area is 254 Å². The summed E-state index contributed by atoms with van der Waals surface area (Å²) in [6.07, 6.45) is -5.46. The number of allylic oxidation sites excluding steroid dienone is 1. The summed E-state index contributed by atoms with van der Waals surface area (Å²) in [5.74, 6) is -1.38. The van der Waals surface area contributed by atoms with Crippen LogP contribution >= 0.6 is 0 Å². The summed E-state index contributed by atoms with van der Waals surface area (Å²) in [4.78, 5) is 7.69. The number of aromatic nitrogens is 2. The third-order valence-electron chi connectivity index (χ3n) is 6.34. The van der Waals surface area contributed by atoms with Gasteiger partial charge >= 0.3 is 12.5 Å². The third-order valence-corrected chi connectivity index (χ3v) is 7.33. The zero-order valence-electron chi connectivity index (χ0n) is 23.3. The first-order valence-corrected chi connectivity index (χ1v) is 14.2. The minimum absolute atomic E-state index is 0.0273. The van der Waals surface area contributed by atoms with E-state index in [0.29, 0.717) is 5.56 Å². The monoisotopic (exact) mass is 656 g/mol. The molecule has 4 rings (SSSR count). The van der Waals surface area contributed by atoms with Gasteiger partial charge in [-0.2, -0.15) is 13.2 Å². The van der Waals surface area contributed by atoms with Gasteiger partial charge in [-0.15, -0.1) is 13.2 Å². The van der Waals surface area contributed by atoms with E-state index < -0.39 is 47.6 Å². The molecule has 1 aromatic heterocycles. The maximum Gasteiger partial charge on any atom is 0.573 e. The highest BCUT2D eigenvalue weighted by Gasteiger charge is 2.35. The van der Waals surface area contributed by atoms with Crippen molar-refractivity contribution in [1.82, 2.24) is 9.55 Å². The molecule has 45 heavy (non-hydrogen) atoms. The standard InChI is InChI=1S/C29H23F7N4O4S/c1-16-38-27(28(31,32)33)14-40(16)25-8-3-17(18-12-23(30)22(15-43-41)26(13-18)45(2)42)11-21(25)24(9-10-37)39-19-4-6-20(7-5-19)44-29(34,35)36/h3-14,37,39,41H,15H2,1-2H3/b24-9-,37-10?. The van der Waals surface area contributed by atoms with Crippen molar-refractivity contribution in [2.45, 2.75) is 31.0 Å². The number of rotatable bonds is 10. The van der Waals surface area contributed by atoms with Crippen molar-refractivity contribution >= 4 is 28.8 Å². The molecular formula is C29H23F7N4O4S. The Kier molecular flexibility index (Phi) is 9.92. The Morgan fingerprint density at radius 3 is 2.31 bits per heavy atom. The van der Waals surface area contributed by atoms with E-state index in [2.05, 4.69) is 19.9 Å². The molecule has 16 heteroatoms. The largest absolute Gasteiger partial charge is 0.612 e. The number of ether oxygens (including phenoxy) is 1. The fourth-order valence-corrected chi connectivity index (χ4v) is 5.21. The number of nitrogens with one attached hydrogen (secondary N) is 2. The molecular weight excluding hydrogens is 633 g/mol. The number of imidazole rings is 1. The van der Waals surface area contributed by atoms with Crippen LogP contribution in [0.15, 0.2) is 71.8 Å². The first-order valence-electron chi connectivity index (χ1n) is 12.7. The molecule has 0 bridgehead atoms. The van der Waals surface area contributed by atoms with Crippen LogP contribution in [-0.2, 0) is 28.8 Å². The summed E-state index contributed by atoms with van der Waals surface area (Å²) < 4.78 is 111. The molecule has 1 atom stereocenters. The molecule has 0 spiro atoms. The Morgan fingerprint density at radius 1 is 1.07 bits per heavy atom. The van der Waals surface area contributed by atoms with Gasteiger partial charge in [-0.25, -0.2) is 14.3 Å². The van der Waals surface area contributed by atoms with Crippen LogP contribution < -0.4 is 10.1 Å². The second-order valence-corrected chi connectivity index (χ2v) is 10.7. The fraction of sp³-hybridized carbons (Fsp3) is 0.172. The van der Waals surface area contributed by atoms with Gasteiger partial charge in [-0.1, -0.05) is 6.07 Å². The normalized spacial score (nSPS) is 13.1. The second-order valence-electron chi connectivity index (χ2n) is 9.38.